The number of carbonyl (C=O) groups excluding carboxylic acids is 2. The number of hydrogen-bond acceptors (Lipinski definition) is 4. The van der Waals surface area contributed by atoms with Gasteiger partial charge in [0.1, 0.15) is 0 Å². The smallest absolute Gasteiger partial charge is 0.340 e. The maximum absolute atomic E-state index is 12.0. The van der Waals surface area contributed by atoms with Crippen molar-refractivity contribution in [3.05, 3.63) is 59.1 Å². The summed E-state index contributed by atoms with van der Waals surface area (Å²) in [5.74, 6) is -1.03. The van der Waals surface area contributed by atoms with Gasteiger partial charge >= 0.3 is 5.97 Å². The molecule has 1 N–H and O–H groups in total. The van der Waals surface area contributed by atoms with Crippen molar-refractivity contribution >= 4 is 40.9 Å². The van der Waals surface area contributed by atoms with E-state index < -0.39 is 11.9 Å². The number of carbonyl (C=O) groups is 2. The number of benzene rings is 2. The molecule has 4 nitrogen and oxygen atoms in total. The van der Waals surface area contributed by atoms with E-state index >= 15 is 0 Å². The second-order valence-electron chi connectivity index (χ2n) is 4.34. The summed E-state index contributed by atoms with van der Waals surface area (Å²) in [7, 11) is 0. The number of para-hydroxylation sites is 1. The number of esters is 1. The Morgan fingerprint density at radius 2 is 1.91 bits per heavy atom. The van der Waals surface area contributed by atoms with Gasteiger partial charge in [-0.2, -0.15) is 0 Å². The lowest BCUT2D eigenvalue weighted by Gasteiger charge is -2.08. The van der Waals surface area contributed by atoms with E-state index in [4.69, 9.17) is 16.3 Å². The Labute approximate surface area is 137 Å². The quantitative estimate of drug-likeness (QED) is 0.666. The first-order chi connectivity index (χ1) is 10.6. The number of rotatable bonds is 5. The average molecular weight is 336 g/mol. The molecule has 2 rings (SSSR count). The van der Waals surface area contributed by atoms with E-state index in [0.29, 0.717) is 10.7 Å². The summed E-state index contributed by atoms with van der Waals surface area (Å²) in [4.78, 5) is 24.6. The molecule has 0 bridgehead atoms. The Balaban J connectivity index is 1.94. The molecule has 0 aliphatic carbocycles. The highest BCUT2D eigenvalue weighted by Gasteiger charge is 2.14. The van der Waals surface area contributed by atoms with Gasteiger partial charge < -0.3 is 10.1 Å². The fourth-order valence-electron chi connectivity index (χ4n) is 1.72. The van der Waals surface area contributed by atoms with Crippen molar-refractivity contribution in [1.82, 2.24) is 0 Å². The van der Waals surface area contributed by atoms with Crippen molar-refractivity contribution in [1.29, 1.82) is 0 Å². The zero-order chi connectivity index (χ0) is 15.9. The van der Waals surface area contributed by atoms with Crippen LogP contribution in [-0.2, 0) is 9.53 Å². The lowest BCUT2D eigenvalue weighted by Crippen LogP contribution is -2.21. The van der Waals surface area contributed by atoms with Crippen LogP contribution in [0.1, 0.15) is 10.4 Å². The van der Waals surface area contributed by atoms with Crippen molar-refractivity contribution in [3.8, 4) is 0 Å². The molecule has 0 spiro atoms. The van der Waals surface area contributed by atoms with Gasteiger partial charge in [-0.15, -0.1) is 11.8 Å². The van der Waals surface area contributed by atoms with Gasteiger partial charge in [0.05, 0.1) is 10.6 Å². The third-order valence-corrected chi connectivity index (χ3v) is 3.84. The van der Waals surface area contributed by atoms with Crippen molar-refractivity contribution in [2.24, 2.45) is 0 Å². The molecule has 0 fully saturated rings. The van der Waals surface area contributed by atoms with Crippen LogP contribution in [-0.4, -0.2) is 24.7 Å². The highest BCUT2D eigenvalue weighted by Crippen LogP contribution is 2.23. The van der Waals surface area contributed by atoms with Gasteiger partial charge in [0.25, 0.3) is 5.91 Å². The molecule has 0 unspecified atom stereocenters. The molecule has 0 saturated heterocycles. The minimum Gasteiger partial charge on any atom is -0.452 e. The molecule has 6 heteroatoms. The van der Waals surface area contributed by atoms with E-state index in [-0.39, 0.29) is 12.2 Å². The molecule has 1 amide bonds. The summed E-state index contributed by atoms with van der Waals surface area (Å²) in [5, 5.41) is 2.93. The number of halogens is 1. The topological polar surface area (TPSA) is 55.4 Å². The monoisotopic (exact) mass is 335 g/mol. The fourth-order valence-corrected chi connectivity index (χ4v) is 2.35. The van der Waals surface area contributed by atoms with Crippen LogP contribution in [0, 0.1) is 0 Å². The molecular weight excluding hydrogens is 322 g/mol. The van der Waals surface area contributed by atoms with Crippen molar-refractivity contribution in [2.75, 3.05) is 18.2 Å². The highest BCUT2D eigenvalue weighted by atomic mass is 35.5. The lowest BCUT2D eigenvalue weighted by atomic mass is 10.2. The van der Waals surface area contributed by atoms with Gasteiger partial charge in [-0.1, -0.05) is 29.8 Å². The van der Waals surface area contributed by atoms with Crippen LogP contribution >= 0.6 is 23.4 Å². The second kappa shape index (κ2) is 7.87. The molecule has 114 valence electrons. The summed E-state index contributed by atoms with van der Waals surface area (Å²) in [6, 6.07) is 14.0. The highest BCUT2D eigenvalue weighted by molar-refractivity contribution is 7.98. The zero-order valence-electron chi connectivity index (χ0n) is 11.8. The van der Waals surface area contributed by atoms with Gasteiger partial charge in [0, 0.05) is 10.6 Å². The summed E-state index contributed by atoms with van der Waals surface area (Å²) < 4.78 is 5.00. The number of amides is 1. The van der Waals surface area contributed by atoms with E-state index in [1.807, 2.05) is 18.4 Å². The molecule has 2 aromatic rings. The third-order valence-electron chi connectivity index (χ3n) is 2.79. The predicted molar refractivity (Wildman–Crippen MR) is 88.6 cm³/mol. The summed E-state index contributed by atoms with van der Waals surface area (Å²) in [5.41, 5.74) is 0.895. The number of ether oxygens (including phenoxy) is 1. The molecule has 0 radical (unpaired) electrons. The van der Waals surface area contributed by atoms with E-state index in [1.54, 1.807) is 36.4 Å². The van der Waals surface area contributed by atoms with Crippen LogP contribution in [0.5, 0.6) is 0 Å². The van der Waals surface area contributed by atoms with Crippen LogP contribution in [0.2, 0.25) is 5.02 Å². The minimum atomic E-state index is -0.621. The van der Waals surface area contributed by atoms with E-state index in [9.17, 15) is 9.59 Å². The number of nitrogens with one attached hydrogen (secondary N) is 1. The van der Waals surface area contributed by atoms with Gasteiger partial charge in [-0.25, -0.2) is 4.79 Å². The second-order valence-corrected chi connectivity index (χ2v) is 5.62. The molecule has 0 aromatic heterocycles. The minimum absolute atomic E-state index is 0.251. The van der Waals surface area contributed by atoms with Gasteiger partial charge in [0.2, 0.25) is 0 Å². The number of anilines is 1. The van der Waals surface area contributed by atoms with Crippen LogP contribution in [0.4, 0.5) is 5.69 Å². The molecule has 0 aliphatic rings. The van der Waals surface area contributed by atoms with Crippen molar-refractivity contribution < 1.29 is 14.3 Å². The van der Waals surface area contributed by atoms with E-state index in [2.05, 4.69) is 5.32 Å². The predicted octanol–water partition coefficient (Wildman–Crippen LogP) is 3.86. The first-order valence-electron chi connectivity index (χ1n) is 6.45. The Bertz CT molecular complexity index is 676. The SMILES string of the molecule is CSc1ccc(Cl)c(C(=O)OCC(=O)Nc2ccccc2)c1. The van der Waals surface area contributed by atoms with Crippen LogP contribution < -0.4 is 5.32 Å². The first kappa shape index (κ1) is 16.4. The first-order valence-corrected chi connectivity index (χ1v) is 8.06. The standard InChI is InChI=1S/C16H14ClNO3S/c1-22-12-7-8-14(17)13(9-12)16(20)21-10-15(19)18-11-5-3-2-4-6-11/h2-9H,10H2,1H3,(H,18,19). The maximum atomic E-state index is 12.0. The van der Waals surface area contributed by atoms with Crippen LogP contribution in [0.25, 0.3) is 0 Å². The number of hydrogen-bond donors (Lipinski definition) is 1. The molecular formula is C16H14ClNO3S. The molecule has 0 heterocycles. The van der Waals surface area contributed by atoms with Gasteiger partial charge in [-0.05, 0) is 36.6 Å². The average Bonchev–Trinajstić information content (AvgIpc) is 2.54. The van der Waals surface area contributed by atoms with E-state index in [0.717, 1.165) is 4.90 Å². The Morgan fingerprint density at radius 1 is 1.18 bits per heavy atom. The number of thioether (sulfide) groups is 1. The third kappa shape index (κ3) is 4.51. The van der Waals surface area contributed by atoms with Crippen molar-refractivity contribution in [2.45, 2.75) is 4.90 Å². The maximum Gasteiger partial charge on any atom is 0.340 e. The molecule has 0 atom stereocenters. The largest absolute Gasteiger partial charge is 0.452 e. The lowest BCUT2D eigenvalue weighted by molar-refractivity contribution is -0.119. The molecule has 22 heavy (non-hydrogen) atoms. The van der Waals surface area contributed by atoms with Crippen LogP contribution in [0.3, 0.4) is 0 Å². The molecule has 0 aliphatic heterocycles. The summed E-state index contributed by atoms with van der Waals surface area (Å²) in [6.45, 7) is -0.368. The Kier molecular flexibility index (Phi) is 5.86. The van der Waals surface area contributed by atoms with Crippen molar-refractivity contribution in [3.63, 3.8) is 0 Å². The summed E-state index contributed by atoms with van der Waals surface area (Å²) >= 11 is 7.47. The fraction of sp³-hybridized carbons (Fsp3) is 0.125. The van der Waals surface area contributed by atoms with Gasteiger partial charge in [-0.3, -0.25) is 4.79 Å². The molecule has 0 saturated carbocycles. The molecule has 2 aromatic carbocycles. The van der Waals surface area contributed by atoms with E-state index in [1.165, 1.54) is 11.8 Å². The van der Waals surface area contributed by atoms with Gasteiger partial charge in [0.15, 0.2) is 6.61 Å². The summed E-state index contributed by atoms with van der Waals surface area (Å²) in [6.07, 6.45) is 1.89. The zero-order valence-corrected chi connectivity index (χ0v) is 13.4. The van der Waals surface area contributed by atoms with Crippen LogP contribution in [0.15, 0.2) is 53.4 Å². The normalized spacial score (nSPS) is 10.1. The Morgan fingerprint density at radius 3 is 2.59 bits per heavy atom. The Hall–Kier alpha value is -1.98.